The Hall–Kier alpha value is -1.86. The summed E-state index contributed by atoms with van der Waals surface area (Å²) in [4.78, 5) is 4.28. The maximum absolute atomic E-state index is 12.5. The number of hydrogen-bond acceptors (Lipinski definition) is 4. The number of hydrogen-bond donors (Lipinski definition) is 0. The highest BCUT2D eigenvalue weighted by Gasteiger charge is 2.33. The van der Waals surface area contributed by atoms with Gasteiger partial charge in [0.15, 0.2) is 11.5 Å². The molecule has 2 heterocycles. The lowest BCUT2D eigenvalue weighted by atomic mass is 9.89. The third-order valence-corrected chi connectivity index (χ3v) is 3.67. The van der Waals surface area contributed by atoms with E-state index in [4.69, 9.17) is 4.52 Å². The largest absolute Gasteiger partial charge is 0.435 e. The van der Waals surface area contributed by atoms with Crippen LogP contribution in [0.25, 0.3) is 0 Å². The van der Waals surface area contributed by atoms with Crippen LogP contribution in [0, 0.1) is 0 Å². The molecule has 0 saturated heterocycles. The number of rotatable bonds is 3. The van der Waals surface area contributed by atoms with Crippen LogP contribution in [0.15, 0.2) is 16.8 Å². The molecule has 1 aliphatic carbocycles. The van der Waals surface area contributed by atoms with Crippen LogP contribution in [-0.2, 0) is 12.7 Å². The van der Waals surface area contributed by atoms with Gasteiger partial charge in [-0.2, -0.15) is 23.3 Å². The maximum atomic E-state index is 12.5. The van der Waals surface area contributed by atoms with E-state index in [9.17, 15) is 13.2 Å². The maximum Gasteiger partial charge on any atom is 0.435 e. The number of alkyl halides is 3. The molecule has 0 bridgehead atoms. The van der Waals surface area contributed by atoms with Gasteiger partial charge in [-0.05, 0) is 18.9 Å². The van der Waals surface area contributed by atoms with Crippen molar-refractivity contribution in [1.82, 2.24) is 19.9 Å². The summed E-state index contributed by atoms with van der Waals surface area (Å²) < 4.78 is 43.8. The Morgan fingerprint density at radius 1 is 1.24 bits per heavy atom. The number of nitrogens with zero attached hydrogens (tertiary/aromatic N) is 4. The fraction of sp³-hybridized carbons (Fsp3) is 0.615. The second-order valence-electron chi connectivity index (χ2n) is 5.28. The topological polar surface area (TPSA) is 56.7 Å². The van der Waals surface area contributed by atoms with Crippen molar-refractivity contribution in [3.8, 4) is 0 Å². The van der Waals surface area contributed by atoms with Gasteiger partial charge in [0, 0.05) is 12.1 Å². The molecule has 3 rings (SSSR count). The monoisotopic (exact) mass is 300 g/mol. The van der Waals surface area contributed by atoms with E-state index >= 15 is 0 Å². The summed E-state index contributed by atoms with van der Waals surface area (Å²) in [7, 11) is 0. The Kier molecular flexibility index (Phi) is 3.69. The third-order valence-electron chi connectivity index (χ3n) is 3.67. The van der Waals surface area contributed by atoms with E-state index in [1.54, 1.807) is 0 Å². The van der Waals surface area contributed by atoms with E-state index in [1.165, 1.54) is 17.3 Å². The molecule has 8 heteroatoms. The Balaban J connectivity index is 1.68. The highest BCUT2D eigenvalue weighted by molar-refractivity contribution is 5.04. The van der Waals surface area contributed by atoms with Crippen LogP contribution < -0.4 is 0 Å². The van der Waals surface area contributed by atoms with E-state index < -0.39 is 11.9 Å². The smallest absolute Gasteiger partial charge is 0.339 e. The van der Waals surface area contributed by atoms with Crippen molar-refractivity contribution in [2.75, 3.05) is 0 Å². The quantitative estimate of drug-likeness (QED) is 0.872. The van der Waals surface area contributed by atoms with Crippen molar-refractivity contribution in [3.63, 3.8) is 0 Å². The average Bonchev–Trinajstić information content (AvgIpc) is 3.09. The molecule has 0 aliphatic heterocycles. The Labute approximate surface area is 119 Å². The molecule has 2 aromatic rings. The van der Waals surface area contributed by atoms with E-state index in [2.05, 4.69) is 15.2 Å². The second kappa shape index (κ2) is 5.50. The first kappa shape index (κ1) is 14.1. The molecule has 1 saturated carbocycles. The van der Waals surface area contributed by atoms with E-state index in [1.807, 2.05) is 0 Å². The minimum absolute atomic E-state index is 0.0757. The van der Waals surface area contributed by atoms with Gasteiger partial charge < -0.3 is 4.52 Å². The molecule has 0 spiro atoms. The fourth-order valence-electron chi connectivity index (χ4n) is 2.59. The Morgan fingerprint density at radius 3 is 2.67 bits per heavy atom. The van der Waals surface area contributed by atoms with E-state index in [0.29, 0.717) is 11.7 Å². The molecule has 0 unspecified atom stereocenters. The molecule has 21 heavy (non-hydrogen) atoms. The standard InChI is InChI=1S/C13H15F3N4O/c14-13(15,16)10-6-7-20(18-10)8-11-17-12(21-19-11)9-4-2-1-3-5-9/h6-7,9H,1-5,8H2. The van der Waals surface area contributed by atoms with E-state index in [0.717, 1.165) is 31.7 Å². The predicted octanol–water partition coefficient (Wildman–Crippen LogP) is 3.38. The molecule has 0 N–H and O–H groups in total. The van der Waals surface area contributed by atoms with Crippen LogP contribution >= 0.6 is 0 Å². The summed E-state index contributed by atoms with van der Waals surface area (Å²) >= 11 is 0. The predicted molar refractivity (Wildman–Crippen MR) is 66.5 cm³/mol. The molecular formula is C13H15F3N4O. The van der Waals surface area contributed by atoms with Gasteiger partial charge in [0.05, 0.1) is 0 Å². The highest BCUT2D eigenvalue weighted by Crippen LogP contribution is 2.31. The molecule has 0 atom stereocenters. The molecule has 0 amide bonds. The van der Waals surface area contributed by atoms with Gasteiger partial charge >= 0.3 is 6.18 Å². The lowest BCUT2D eigenvalue weighted by molar-refractivity contribution is -0.141. The first-order chi connectivity index (χ1) is 10.0. The SMILES string of the molecule is FC(F)(F)c1ccn(Cc2noc(C3CCCCC3)n2)n1. The summed E-state index contributed by atoms with van der Waals surface area (Å²) in [6.45, 7) is 0.0757. The van der Waals surface area contributed by atoms with Crippen LogP contribution in [-0.4, -0.2) is 19.9 Å². The minimum atomic E-state index is -4.43. The molecule has 0 radical (unpaired) electrons. The summed E-state index contributed by atoms with van der Waals surface area (Å²) in [5.74, 6) is 1.23. The second-order valence-corrected chi connectivity index (χ2v) is 5.28. The lowest BCUT2D eigenvalue weighted by Gasteiger charge is -2.17. The molecule has 0 aromatic carbocycles. The molecule has 1 aliphatic rings. The first-order valence-corrected chi connectivity index (χ1v) is 6.95. The van der Waals surface area contributed by atoms with Gasteiger partial charge in [0.25, 0.3) is 0 Å². The van der Waals surface area contributed by atoms with Crippen molar-refractivity contribution in [1.29, 1.82) is 0 Å². The molecule has 2 aromatic heterocycles. The van der Waals surface area contributed by atoms with Crippen molar-refractivity contribution in [2.45, 2.75) is 50.7 Å². The van der Waals surface area contributed by atoms with Gasteiger partial charge in [0.1, 0.15) is 6.54 Å². The van der Waals surface area contributed by atoms with Gasteiger partial charge in [0.2, 0.25) is 5.89 Å². The van der Waals surface area contributed by atoms with Gasteiger partial charge in [-0.15, -0.1) is 0 Å². The van der Waals surface area contributed by atoms with E-state index in [-0.39, 0.29) is 12.5 Å². The minimum Gasteiger partial charge on any atom is -0.339 e. The Morgan fingerprint density at radius 2 is 2.00 bits per heavy atom. The Bertz CT molecular complexity index is 599. The fourth-order valence-corrected chi connectivity index (χ4v) is 2.59. The molecule has 1 fully saturated rings. The molecule has 5 nitrogen and oxygen atoms in total. The summed E-state index contributed by atoms with van der Waals surface area (Å²) in [5, 5.41) is 7.30. The van der Waals surface area contributed by atoms with Gasteiger partial charge in [-0.25, -0.2) is 0 Å². The van der Waals surface area contributed by atoms with Crippen LogP contribution in [0.5, 0.6) is 0 Å². The van der Waals surface area contributed by atoms with Crippen LogP contribution in [0.4, 0.5) is 13.2 Å². The third kappa shape index (κ3) is 3.25. The van der Waals surface area contributed by atoms with Crippen molar-refractivity contribution >= 4 is 0 Å². The van der Waals surface area contributed by atoms with Crippen molar-refractivity contribution < 1.29 is 17.7 Å². The van der Waals surface area contributed by atoms with Crippen molar-refractivity contribution in [2.24, 2.45) is 0 Å². The zero-order valence-electron chi connectivity index (χ0n) is 11.3. The van der Waals surface area contributed by atoms with Gasteiger partial charge in [-0.3, -0.25) is 4.68 Å². The van der Waals surface area contributed by atoms with Crippen molar-refractivity contribution in [3.05, 3.63) is 29.7 Å². The highest BCUT2D eigenvalue weighted by atomic mass is 19.4. The summed E-state index contributed by atoms with van der Waals surface area (Å²) in [6, 6.07) is 0.933. The number of aromatic nitrogens is 4. The average molecular weight is 300 g/mol. The normalized spacial score (nSPS) is 17.3. The zero-order chi connectivity index (χ0) is 14.9. The van der Waals surface area contributed by atoms with Gasteiger partial charge in [-0.1, -0.05) is 24.4 Å². The number of halogens is 3. The molecular weight excluding hydrogens is 285 g/mol. The molecule has 114 valence electrons. The van der Waals surface area contributed by atoms with Crippen LogP contribution in [0.1, 0.15) is 55.4 Å². The zero-order valence-corrected chi connectivity index (χ0v) is 11.3. The first-order valence-electron chi connectivity index (χ1n) is 6.95. The summed E-state index contributed by atoms with van der Waals surface area (Å²) in [6.07, 6.45) is 2.41. The van der Waals surface area contributed by atoms with Crippen LogP contribution in [0.3, 0.4) is 0 Å². The van der Waals surface area contributed by atoms with Crippen LogP contribution in [0.2, 0.25) is 0 Å². The summed E-state index contributed by atoms with van der Waals surface area (Å²) in [5.41, 5.74) is -0.918. The lowest BCUT2D eigenvalue weighted by Crippen LogP contribution is -2.09.